The molecule has 1 N–H and O–H groups in total. The third-order valence-corrected chi connectivity index (χ3v) is 4.51. The van der Waals surface area contributed by atoms with Crippen molar-refractivity contribution in [1.82, 2.24) is 4.98 Å². The molecule has 0 fully saturated rings. The predicted molar refractivity (Wildman–Crippen MR) is 79.2 cm³/mol. The number of nitrogens with one attached hydrogen (secondary N) is 1. The lowest BCUT2D eigenvalue weighted by Crippen LogP contribution is -2.13. The lowest BCUT2D eigenvalue weighted by Gasteiger charge is -2.20. The van der Waals surface area contributed by atoms with Gasteiger partial charge in [-0.25, -0.2) is 4.98 Å². The standard InChI is InChI=1S/C15H18N2OS/c1-10-11(2)19-14(17-10)9-18-13-7-3-5-12-6-4-8-16-15(12)13/h3,5,7,16H,4,6,8-9H2,1-2H3. The summed E-state index contributed by atoms with van der Waals surface area (Å²) in [4.78, 5) is 5.78. The summed E-state index contributed by atoms with van der Waals surface area (Å²) in [7, 11) is 0. The van der Waals surface area contributed by atoms with Crippen LogP contribution < -0.4 is 10.1 Å². The Labute approximate surface area is 117 Å². The molecule has 100 valence electrons. The van der Waals surface area contributed by atoms with Gasteiger partial charge in [0.05, 0.1) is 11.4 Å². The molecule has 1 aliphatic heterocycles. The van der Waals surface area contributed by atoms with Gasteiger partial charge in [-0.2, -0.15) is 0 Å². The maximum Gasteiger partial charge on any atom is 0.143 e. The number of aromatic nitrogens is 1. The molecule has 0 unspecified atom stereocenters. The Kier molecular flexibility index (Phi) is 3.42. The van der Waals surface area contributed by atoms with E-state index in [0.717, 1.165) is 29.4 Å². The van der Waals surface area contributed by atoms with Crippen LogP contribution in [0.25, 0.3) is 0 Å². The molecule has 2 heterocycles. The first-order chi connectivity index (χ1) is 9.24. The molecule has 4 heteroatoms. The van der Waals surface area contributed by atoms with Crippen LogP contribution in [-0.2, 0) is 13.0 Å². The maximum atomic E-state index is 5.94. The van der Waals surface area contributed by atoms with Gasteiger partial charge in [0.2, 0.25) is 0 Å². The van der Waals surface area contributed by atoms with Crippen molar-refractivity contribution in [2.45, 2.75) is 33.3 Å². The molecule has 0 bridgehead atoms. The summed E-state index contributed by atoms with van der Waals surface area (Å²) in [5.41, 5.74) is 3.63. The highest BCUT2D eigenvalue weighted by molar-refractivity contribution is 7.11. The molecule has 1 aliphatic rings. The van der Waals surface area contributed by atoms with Gasteiger partial charge in [0.1, 0.15) is 17.4 Å². The van der Waals surface area contributed by atoms with Crippen LogP contribution in [0.15, 0.2) is 18.2 Å². The van der Waals surface area contributed by atoms with Crippen molar-refractivity contribution in [2.75, 3.05) is 11.9 Å². The van der Waals surface area contributed by atoms with E-state index in [9.17, 15) is 0 Å². The normalized spacial score (nSPS) is 13.8. The third-order valence-electron chi connectivity index (χ3n) is 3.46. The fourth-order valence-corrected chi connectivity index (χ4v) is 3.19. The lowest BCUT2D eigenvalue weighted by molar-refractivity contribution is 0.306. The molecule has 3 nitrogen and oxygen atoms in total. The van der Waals surface area contributed by atoms with Gasteiger partial charge in [-0.15, -0.1) is 11.3 Å². The van der Waals surface area contributed by atoms with Crippen LogP contribution in [0.3, 0.4) is 0 Å². The van der Waals surface area contributed by atoms with Crippen molar-refractivity contribution in [2.24, 2.45) is 0 Å². The minimum absolute atomic E-state index is 0.553. The highest BCUT2D eigenvalue weighted by Gasteiger charge is 2.13. The number of aryl methyl sites for hydroxylation is 3. The summed E-state index contributed by atoms with van der Waals surface area (Å²) in [5.74, 6) is 0.947. The first-order valence-electron chi connectivity index (χ1n) is 6.65. The van der Waals surface area contributed by atoms with Gasteiger partial charge in [-0.1, -0.05) is 12.1 Å². The number of anilines is 1. The number of ether oxygens (including phenoxy) is 1. The quantitative estimate of drug-likeness (QED) is 0.926. The second-order valence-corrected chi connectivity index (χ2v) is 6.15. The summed E-state index contributed by atoms with van der Waals surface area (Å²) < 4.78 is 5.94. The molecule has 0 saturated heterocycles. The van der Waals surface area contributed by atoms with Crippen LogP contribution in [0.5, 0.6) is 5.75 Å². The van der Waals surface area contributed by atoms with Crippen molar-refractivity contribution in [3.8, 4) is 5.75 Å². The van der Waals surface area contributed by atoms with Gasteiger partial charge in [-0.05, 0) is 38.3 Å². The molecule has 0 radical (unpaired) electrons. The average Bonchev–Trinajstić information content (AvgIpc) is 2.75. The molecular weight excluding hydrogens is 256 g/mol. The molecule has 1 aromatic heterocycles. The fourth-order valence-electron chi connectivity index (χ4n) is 2.34. The Morgan fingerprint density at radius 2 is 2.26 bits per heavy atom. The Morgan fingerprint density at radius 1 is 1.37 bits per heavy atom. The summed E-state index contributed by atoms with van der Waals surface area (Å²) in [5, 5.41) is 4.49. The van der Waals surface area contributed by atoms with Crippen LogP contribution in [-0.4, -0.2) is 11.5 Å². The van der Waals surface area contributed by atoms with Crippen molar-refractivity contribution in [3.05, 3.63) is 39.3 Å². The predicted octanol–water partition coefficient (Wildman–Crippen LogP) is 3.70. The van der Waals surface area contributed by atoms with Crippen LogP contribution in [0.4, 0.5) is 5.69 Å². The van der Waals surface area contributed by atoms with E-state index in [4.69, 9.17) is 4.74 Å². The number of para-hydroxylation sites is 1. The topological polar surface area (TPSA) is 34.1 Å². The van der Waals surface area contributed by atoms with Crippen molar-refractivity contribution < 1.29 is 4.74 Å². The van der Waals surface area contributed by atoms with Gasteiger partial charge < -0.3 is 10.1 Å². The Bertz CT molecular complexity index is 572. The summed E-state index contributed by atoms with van der Waals surface area (Å²) in [6, 6.07) is 6.27. The molecular formula is C15H18N2OS. The number of thiazole rings is 1. The molecule has 0 amide bonds. The molecule has 0 saturated carbocycles. The summed E-state index contributed by atoms with van der Waals surface area (Å²) in [6.07, 6.45) is 2.33. The number of nitrogens with zero attached hydrogens (tertiary/aromatic N) is 1. The number of fused-ring (bicyclic) bond motifs is 1. The minimum Gasteiger partial charge on any atom is -0.484 e. The largest absolute Gasteiger partial charge is 0.484 e. The van der Waals surface area contributed by atoms with E-state index in [1.54, 1.807) is 11.3 Å². The third kappa shape index (κ3) is 2.59. The molecule has 2 aromatic rings. The van der Waals surface area contributed by atoms with Crippen LogP contribution >= 0.6 is 11.3 Å². The number of hydrogen-bond donors (Lipinski definition) is 1. The monoisotopic (exact) mass is 274 g/mol. The maximum absolute atomic E-state index is 5.94. The van der Waals surface area contributed by atoms with Gasteiger partial charge >= 0.3 is 0 Å². The van der Waals surface area contributed by atoms with E-state index in [-0.39, 0.29) is 0 Å². The highest BCUT2D eigenvalue weighted by atomic mass is 32.1. The lowest BCUT2D eigenvalue weighted by atomic mass is 10.0. The first-order valence-corrected chi connectivity index (χ1v) is 7.47. The van der Waals surface area contributed by atoms with Crippen LogP contribution in [0.2, 0.25) is 0 Å². The van der Waals surface area contributed by atoms with Crippen molar-refractivity contribution in [3.63, 3.8) is 0 Å². The Hall–Kier alpha value is -1.55. The summed E-state index contributed by atoms with van der Waals surface area (Å²) >= 11 is 1.71. The zero-order valence-electron chi connectivity index (χ0n) is 11.3. The van der Waals surface area contributed by atoms with Gasteiger partial charge in [0, 0.05) is 11.4 Å². The van der Waals surface area contributed by atoms with Crippen molar-refractivity contribution >= 4 is 17.0 Å². The van der Waals surface area contributed by atoms with Crippen LogP contribution in [0, 0.1) is 13.8 Å². The van der Waals surface area contributed by atoms with E-state index in [0.29, 0.717) is 6.61 Å². The van der Waals surface area contributed by atoms with Crippen LogP contribution in [0.1, 0.15) is 27.6 Å². The number of benzene rings is 1. The van der Waals surface area contributed by atoms with Gasteiger partial charge in [-0.3, -0.25) is 0 Å². The van der Waals surface area contributed by atoms with E-state index in [1.165, 1.54) is 22.5 Å². The molecule has 3 rings (SSSR count). The van der Waals surface area contributed by atoms with E-state index < -0.39 is 0 Å². The first kappa shape index (κ1) is 12.5. The van der Waals surface area contributed by atoms with E-state index in [2.05, 4.69) is 29.4 Å². The highest BCUT2D eigenvalue weighted by Crippen LogP contribution is 2.32. The molecule has 0 atom stereocenters. The zero-order valence-corrected chi connectivity index (χ0v) is 12.1. The molecule has 1 aromatic carbocycles. The van der Waals surface area contributed by atoms with Gasteiger partial charge in [0.25, 0.3) is 0 Å². The Balaban J connectivity index is 1.76. The number of hydrogen-bond acceptors (Lipinski definition) is 4. The fraction of sp³-hybridized carbons (Fsp3) is 0.400. The van der Waals surface area contributed by atoms with Crippen molar-refractivity contribution in [1.29, 1.82) is 0 Å². The van der Waals surface area contributed by atoms with Gasteiger partial charge in [0.15, 0.2) is 0 Å². The molecule has 0 aliphatic carbocycles. The second kappa shape index (κ2) is 5.21. The zero-order chi connectivity index (χ0) is 13.2. The second-order valence-electron chi connectivity index (χ2n) is 4.86. The smallest absolute Gasteiger partial charge is 0.143 e. The minimum atomic E-state index is 0.553. The molecule has 0 spiro atoms. The summed E-state index contributed by atoms with van der Waals surface area (Å²) in [6.45, 7) is 5.73. The molecule has 19 heavy (non-hydrogen) atoms. The van der Waals surface area contributed by atoms with E-state index in [1.807, 2.05) is 13.0 Å². The SMILES string of the molecule is Cc1nc(COc2cccc3c2NCCC3)sc1C. The van der Waals surface area contributed by atoms with E-state index >= 15 is 0 Å². The number of rotatable bonds is 3. The average molecular weight is 274 g/mol. The Morgan fingerprint density at radius 3 is 3.05 bits per heavy atom.